The second-order valence-corrected chi connectivity index (χ2v) is 8.23. The lowest BCUT2D eigenvalue weighted by molar-refractivity contribution is -0.139. The first kappa shape index (κ1) is 25.3. The van der Waals surface area contributed by atoms with E-state index in [4.69, 9.17) is 4.74 Å². The van der Waals surface area contributed by atoms with Gasteiger partial charge in [-0.1, -0.05) is 12.8 Å². The molecule has 1 aliphatic carbocycles. The van der Waals surface area contributed by atoms with Gasteiger partial charge in [-0.3, -0.25) is 9.59 Å². The molecule has 1 fully saturated rings. The quantitative estimate of drug-likeness (QED) is 0.557. The third-order valence-corrected chi connectivity index (χ3v) is 5.86. The number of hydrogen-bond acceptors (Lipinski definition) is 6. The summed E-state index contributed by atoms with van der Waals surface area (Å²) in [6.07, 6.45) is -0.571. The minimum Gasteiger partial charge on any atom is -0.495 e. The van der Waals surface area contributed by atoms with Crippen LogP contribution in [0.2, 0.25) is 0 Å². The zero-order chi connectivity index (χ0) is 24.9. The summed E-state index contributed by atoms with van der Waals surface area (Å²) >= 11 is 0. The van der Waals surface area contributed by atoms with Crippen LogP contribution in [0.15, 0.2) is 24.4 Å². The van der Waals surface area contributed by atoms with Gasteiger partial charge >= 0.3 is 6.18 Å². The van der Waals surface area contributed by atoms with Crippen LogP contribution >= 0.6 is 0 Å². The summed E-state index contributed by atoms with van der Waals surface area (Å²) in [5, 5.41) is 8.27. The molecule has 0 bridgehead atoms. The lowest BCUT2D eigenvalue weighted by Crippen LogP contribution is -2.42. The number of hydrogen-bond donors (Lipinski definition) is 3. The molecular formula is C23H28F3N5O3. The summed E-state index contributed by atoms with van der Waals surface area (Å²) in [5.74, 6) is -0.391. The zero-order valence-corrected chi connectivity index (χ0v) is 19.3. The van der Waals surface area contributed by atoms with Crippen LogP contribution in [0.4, 0.5) is 24.8 Å². The average molecular weight is 480 g/mol. The van der Waals surface area contributed by atoms with Crippen LogP contribution in [0.25, 0.3) is 0 Å². The highest BCUT2D eigenvalue weighted by Gasteiger charge is 2.37. The Morgan fingerprint density at radius 2 is 1.94 bits per heavy atom. The topological polar surface area (TPSA) is 105 Å². The Morgan fingerprint density at radius 3 is 2.59 bits per heavy atom. The highest BCUT2D eigenvalue weighted by molar-refractivity contribution is 5.95. The number of benzene rings is 1. The molecule has 0 aliphatic heterocycles. The minimum absolute atomic E-state index is 0.0270. The number of alkyl halides is 3. The highest BCUT2D eigenvalue weighted by atomic mass is 19.4. The van der Waals surface area contributed by atoms with Crippen molar-refractivity contribution in [3.05, 3.63) is 41.2 Å². The average Bonchev–Trinajstić information content (AvgIpc) is 2.79. The van der Waals surface area contributed by atoms with Gasteiger partial charge in [-0.05, 0) is 43.4 Å². The maximum absolute atomic E-state index is 13.7. The number of halogens is 3. The summed E-state index contributed by atoms with van der Waals surface area (Å²) < 4.78 is 46.5. The van der Waals surface area contributed by atoms with Gasteiger partial charge in [0.1, 0.15) is 5.75 Å². The van der Waals surface area contributed by atoms with Gasteiger partial charge in [-0.15, -0.1) is 0 Å². The Hall–Kier alpha value is -3.37. The molecule has 1 heterocycles. The smallest absolute Gasteiger partial charge is 0.419 e. The van der Waals surface area contributed by atoms with Gasteiger partial charge in [0.05, 0.1) is 24.1 Å². The number of carbonyl (C=O) groups is 2. The maximum atomic E-state index is 13.7. The fourth-order valence-electron chi connectivity index (χ4n) is 4.22. The van der Waals surface area contributed by atoms with E-state index in [0.717, 1.165) is 25.5 Å². The van der Waals surface area contributed by atoms with Crippen LogP contribution in [-0.2, 0) is 17.4 Å². The molecular weight excluding hydrogens is 451 g/mol. The van der Waals surface area contributed by atoms with Crippen LogP contribution in [0.5, 0.6) is 5.75 Å². The predicted octanol–water partition coefficient (Wildman–Crippen LogP) is 3.84. The summed E-state index contributed by atoms with van der Waals surface area (Å²) in [7, 11) is 2.92. The summed E-state index contributed by atoms with van der Waals surface area (Å²) in [5.41, 5.74) is -0.268. The van der Waals surface area contributed by atoms with Gasteiger partial charge in [0.15, 0.2) is 0 Å². The molecule has 0 saturated heterocycles. The second-order valence-electron chi connectivity index (χ2n) is 8.23. The molecule has 2 atom stereocenters. The van der Waals surface area contributed by atoms with Gasteiger partial charge in [-0.2, -0.15) is 13.2 Å². The first-order valence-electron chi connectivity index (χ1n) is 11.0. The molecule has 8 nitrogen and oxygen atoms in total. The Bertz CT molecular complexity index is 1040. The van der Waals surface area contributed by atoms with E-state index in [1.807, 2.05) is 0 Å². The SMILES string of the molecule is CNC(=O)c1ccc(Nc2ncc(C(F)(F)F)c(C[C@@H]3CCCC[C@H]3NC(C)=O)n2)c(OC)c1. The third-order valence-electron chi connectivity index (χ3n) is 5.86. The highest BCUT2D eigenvalue weighted by Crippen LogP contribution is 2.35. The number of methoxy groups -OCH3 is 1. The van der Waals surface area contributed by atoms with Crippen LogP contribution in [0.3, 0.4) is 0 Å². The van der Waals surface area contributed by atoms with Gasteiger partial charge in [0.2, 0.25) is 11.9 Å². The van der Waals surface area contributed by atoms with Crippen LogP contribution < -0.4 is 20.7 Å². The summed E-state index contributed by atoms with van der Waals surface area (Å²) in [6.45, 7) is 1.41. The van der Waals surface area contributed by atoms with Crippen LogP contribution in [0.1, 0.15) is 54.2 Å². The molecule has 0 spiro atoms. The number of aromatic nitrogens is 2. The normalized spacial score (nSPS) is 18.2. The molecule has 2 aromatic rings. The molecule has 1 aromatic heterocycles. The minimum atomic E-state index is -4.61. The monoisotopic (exact) mass is 479 g/mol. The van der Waals surface area contributed by atoms with Gasteiger partial charge < -0.3 is 20.7 Å². The van der Waals surface area contributed by atoms with E-state index in [2.05, 4.69) is 25.9 Å². The van der Waals surface area contributed by atoms with Crippen molar-refractivity contribution in [2.24, 2.45) is 5.92 Å². The molecule has 11 heteroatoms. The van der Waals surface area contributed by atoms with E-state index < -0.39 is 11.7 Å². The molecule has 3 N–H and O–H groups in total. The van der Waals surface area contributed by atoms with E-state index in [1.165, 1.54) is 27.1 Å². The Kier molecular flexibility index (Phi) is 7.95. The lowest BCUT2D eigenvalue weighted by atomic mass is 9.81. The predicted molar refractivity (Wildman–Crippen MR) is 120 cm³/mol. The van der Waals surface area contributed by atoms with Crippen molar-refractivity contribution in [3.63, 3.8) is 0 Å². The fraction of sp³-hybridized carbons (Fsp3) is 0.478. The molecule has 34 heavy (non-hydrogen) atoms. The van der Waals surface area contributed by atoms with Crippen LogP contribution in [0, 0.1) is 5.92 Å². The number of amides is 2. The van der Waals surface area contributed by atoms with Crippen molar-refractivity contribution >= 4 is 23.5 Å². The van der Waals surface area contributed by atoms with Gasteiger partial charge in [-0.25, -0.2) is 9.97 Å². The summed E-state index contributed by atoms with van der Waals surface area (Å²) in [6, 6.07) is 4.43. The van der Waals surface area contributed by atoms with E-state index in [9.17, 15) is 22.8 Å². The molecule has 184 valence electrons. The summed E-state index contributed by atoms with van der Waals surface area (Å²) in [4.78, 5) is 31.5. The largest absolute Gasteiger partial charge is 0.495 e. The number of rotatable bonds is 7. The first-order valence-corrected chi connectivity index (χ1v) is 11.0. The van der Waals surface area contributed by atoms with Crippen molar-refractivity contribution in [3.8, 4) is 5.75 Å². The molecule has 1 saturated carbocycles. The standard InChI is InChI=1S/C23H28F3N5O3/c1-13(32)29-17-7-5-4-6-14(17)10-19-16(23(24,25)26)12-28-22(31-19)30-18-9-8-15(21(33)27-2)11-20(18)34-3/h8-9,11-12,14,17H,4-7,10H2,1-3H3,(H,27,33)(H,29,32)(H,28,30,31)/t14-,17+/m0/s1. The van der Waals surface area contributed by atoms with E-state index in [1.54, 1.807) is 12.1 Å². The van der Waals surface area contributed by atoms with Crippen molar-refractivity contribution in [2.45, 2.75) is 51.2 Å². The lowest BCUT2D eigenvalue weighted by Gasteiger charge is -2.32. The number of anilines is 2. The van der Waals surface area contributed by atoms with Crippen molar-refractivity contribution < 1.29 is 27.5 Å². The molecule has 1 aromatic carbocycles. The molecule has 3 rings (SSSR count). The van der Waals surface area contributed by atoms with Gasteiger partial charge in [0.25, 0.3) is 5.91 Å². The Morgan fingerprint density at radius 1 is 1.21 bits per heavy atom. The zero-order valence-electron chi connectivity index (χ0n) is 19.3. The van der Waals surface area contributed by atoms with Gasteiger partial charge in [0, 0.05) is 31.8 Å². The van der Waals surface area contributed by atoms with Crippen molar-refractivity contribution in [1.29, 1.82) is 0 Å². The van der Waals surface area contributed by atoms with E-state index in [0.29, 0.717) is 23.4 Å². The first-order chi connectivity index (χ1) is 16.1. The van der Waals surface area contributed by atoms with Crippen molar-refractivity contribution in [2.75, 3.05) is 19.5 Å². The van der Waals surface area contributed by atoms with Crippen molar-refractivity contribution in [1.82, 2.24) is 20.6 Å². The van der Waals surface area contributed by atoms with E-state index in [-0.39, 0.29) is 41.8 Å². The maximum Gasteiger partial charge on any atom is 0.419 e. The van der Waals surface area contributed by atoms with Crippen LogP contribution in [-0.4, -0.2) is 42.0 Å². The number of nitrogens with one attached hydrogen (secondary N) is 3. The molecule has 2 amide bonds. The molecule has 0 unspecified atom stereocenters. The molecule has 1 aliphatic rings. The molecule has 0 radical (unpaired) electrons. The number of carbonyl (C=O) groups excluding carboxylic acids is 2. The fourth-order valence-corrected chi connectivity index (χ4v) is 4.22. The Balaban J connectivity index is 1.91. The van der Waals surface area contributed by atoms with E-state index >= 15 is 0 Å². The Labute approximate surface area is 195 Å². The number of nitrogens with zero attached hydrogens (tertiary/aromatic N) is 2. The number of ether oxygens (including phenoxy) is 1. The third kappa shape index (κ3) is 6.15. The second kappa shape index (κ2) is 10.7.